The van der Waals surface area contributed by atoms with E-state index in [0.717, 1.165) is 17.3 Å². The second-order valence-corrected chi connectivity index (χ2v) is 6.42. The molecule has 0 spiro atoms. The van der Waals surface area contributed by atoms with Crippen molar-refractivity contribution >= 4 is 31.9 Å². The molecule has 0 amide bonds. The molecule has 0 aliphatic rings. The highest BCUT2D eigenvalue weighted by Gasteiger charge is 2.08. The third-order valence-corrected chi connectivity index (χ3v) is 4.40. The summed E-state index contributed by atoms with van der Waals surface area (Å²) in [4.78, 5) is 0.373. The average Bonchev–Trinajstić information content (AvgIpc) is 2.39. The zero-order chi connectivity index (χ0) is 13.0. The van der Waals surface area contributed by atoms with Crippen molar-refractivity contribution in [3.63, 3.8) is 0 Å². The molecule has 0 saturated carbocycles. The van der Waals surface area contributed by atoms with Crippen LogP contribution in [0.1, 0.15) is 28.4 Å². The molecule has 1 atom stereocenters. The van der Waals surface area contributed by atoms with Crippen molar-refractivity contribution in [2.45, 2.75) is 24.6 Å². The maximum atomic E-state index is 3.78. The Morgan fingerprint density at radius 2 is 1.72 bits per heavy atom. The van der Waals surface area contributed by atoms with Crippen LogP contribution in [0, 0.1) is 0 Å². The van der Waals surface area contributed by atoms with Crippen LogP contribution >= 0.6 is 31.9 Å². The van der Waals surface area contributed by atoms with Gasteiger partial charge in [-0.15, -0.1) is 0 Å². The van der Waals surface area contributed by atoms with Crippen LogP contribution < -0.4 is 0 Å². The van der Waals surface area contributed by atoms with Crippen LogP contribution in [0.5, 0.6) is 0 Å². The van der Waals surface area contributed by atoms with Gasteiger partial charge in [-0.25, -0.2) is 0 Å². The van der Waals surface area contributed by atoms with E-state index in [4.69, 9.17) is 0 Å². The molecule has 18 heavy (non-hydrogen) atoms. The molecule has 1 unspecified atom stereocenters. The summed E-state index contributed by atoms with van der Waals surface area (Å²) in [5.41, 5.74) is 4.07. The van der Waals surface area contributed by atoms with Crippen molar-refractivity contribution in [1.29, 1.82) is 0 Å². The molecule has 0 heterocycles. The highest BCUT2D eigenvalue weighted by atomic mass is 79.9. The van der Waals surface area contributed by atoms with Gasteiger partial charge < -0.3 is 0 Å². The van der Waals surface area contributed by atoms with E-state index in [1.165, 1.54) is 16.7 Å². The number of aryl methyl sites for hydroxylation is 1. The van der Waals surface area contributed by atoms with Crippen LogP contribution in [-0.2, 0) is 12.8 Å². The lowest BCUT2D eigenvalue weighted by molar-refractivity contribution is 0.945. The van der Waals surface area contributed by atoms with E-state index < -0.39 is 0 Å². The Kier molecular flexibility index (Phi) is 5.02. The van der Waals surface area contributed by atoms with Gasteiger partial charge in [0.05, 0.1) is 0 Å². The maximum Gasteiger partial charge on any atom is 0.0435 e. The number of benzene rings is 2. The Hall–Kier alpha value is -0.600. The standard InChI is InChI=1S/C16H16Br2/c1-2-12-6-8-14(9-7-12)16(18)11-13-4-3-5-15(17)10-13/h3-10,16H,2,11H2,1H3. The minimum Gasteiger partial charge on any atom is -0.0835 e. The molecule has 2 aromatic rings. The van der Waals surface area contributed by atoms with Crippen molar-refractivity contribution in [1.82, 2.24) is 0 Å². The van der Waals surface area contributed by atoms with Gasteiger partial charge in [-0.1, -0.05) is 75.2 Å². The van der Waals surface area contributed by atoms with Crippen molar-refractivity contribution < 1.29 is 0 Å². The molecule has 0 radical (unpaired) electrons. The Balaban J connectivity index is 2.09. The molecule has 0 fully saturated rings. The molecular weight excluding hydrogens is 352 g/mol. The number of hydrogen-bond donors (Lipinski definition) is 0. The summed E-state index contributed by atoms with van der Waals surface area (Å²) in [7, 11) is 0. The zero-order valence-electron chi connectivity index (χ0n) is 10.4. The van der Waals surface area contributed by atoms with Crippen molar-refractivity contribution in [3.8, 4) is 0 Å². The van der Waals surface area contributed by atoms with E-state index in [0.29, 0.717) is 4.83 Å². The van der Waals surface area contributed by atoms with Gasteiger partial charge in [0.15, 0.2) is 0 Å². The van der Waals surface area contributed by atoms with Crippen LogP contribution in [0.2, 0.25) is 0 Å². The fraction of sp³-hybridized carbons (Fsp3) is 0.250. The van der Waals surface area contributed by atoms with Crippen LogP contribution in [0.3, 0.4) is 0 Å². The molecule has 0 bridgehead atoms. The molecule has 2 heteroatoms. The van der Waals surface area contributed by atoms with Gasteiger partial charge in [-0.2, -0.15) is 0 Å². The Morgan fingerprint density at radius 1 is 1.00 bits per heavy atom. The lowest BCUT2D eigenvalue weighted by atomic mass is 10.0. The van der Waals surface area contributed by atoms with E-state index in [-0.39, 0.29) is 0 Å². The van der Waals surface area contributed by atoms with Gasteiger partial charge in [-0.05, 0) is 41.7 Å². The van der Waals surface area contributed by atoms with E-state index in [2.05, 4.69) is 87.3 Å². The third-order valence-electron chi connectivity index (χ3n) is 3.05. The first-order valence-corrected chi connectivity index (χ1v) is 7.87. The molecule has 0 N–H and O–H groups in total. The van der Waals surface area contributed by atoms with Crippen molar-refractivity contribution in [2.24, 2.45) is 0 Å². The van der Waals surface area contributed by atoms with Crippen LogP contribution in [-0.4, -0.2) is 0 Å². The summed E-state index contributed by atoms with van der Waals surface area (Å²) in [6.07, 6.45) is 2.10. The van der Waals surface area contributed by atoms with Gasteiger partial charge in [0, 0.05) is 9.30 Å². The van der Waals surface area contributed by atoms with E-state index in [1.54, 1.807) is 0 Å². The molecule has 0 aromatic heterocycles. The predicted molar refractivity (Wildman–Crippen MR) is 85.3 cm³/mol. The smallest absolute Gasteiger partial charge is 0.0435 e. The summed E-state index contributed by atoms with van der Waals surface area (Å²) in [5, 5.41) is 0. The van der Waals surface area contributed by atoms with Gasteiger partial charge in [-0.3, -0.25) is 0 Å². The Morgan fingerprint density at radius 3 is 2.33 bits per heavy atom. The maximum absolute atomic E-state index is 3.78. The first kappa shape index (κ1) is 13.8. The first-order valence-electron chi connectivity index (χ1n) is 6.16. The third kappa shape index (κ3) is 3.69. The minimum atomic E-state index is 0.373. The molecule has 0 saturated heterocycles. The first-order chi connectivity index (χ1) is 8.69. The van der Waals surface area contributed by atoms with Gasteiger partial charge in [0.2, 0.25) is 0 Å². The normalized spacial score (nSPS) is 12.4. The molecule has 0 aliphatic heterocycles. The molecule has 2 rings (SSSR count). The topological polar surface area (TPSA) is 0 Å². The minimum absolute atomic E-state index is 0.373. The number of hydrogen-bond acceptors (Lipinski definition) is 0. The lowest BCUT2D eigenvalue weighted by Gasteiger charge is -2.11. The van der Waals surface area contributed by atoms with Gasteiger partial charge >= 0.3 is 0 Å². The van der Waals surface area contributed by atoms with E-state index in [1.807, 2.05) is 0 Å². The average molecular weight is 368 g/mol. The molecular formula is C16H16Br2. The summed E-state index contributed by atoms with van der Waals surface area (Å²) in [5.74, 6) is 0. The van der Waals surface area contributed by atoms with Gasteiger partial charge in [0.1, 0.15) is 0 Å². The Bertz CT molecular complexity index is 503. The van der Waals surface area contributed by atoms with E-state index in [9.17, 15) is 0 Å². The van der Waals surface area contributed by atoms with Crippen LogP contribution in [0.25, 0.3) is 0 Å². The Labute approximate surface area is 126 Å². The summed E-state index contributed by atoms with van der Waals surface area (Å²) in [6, 6.07) is 17.3. The van der Waals surface area contributed by atoms with Crippen LogP contribution in [0.15, 0.2) is 53.0 Å². The summed E-state index contributed by atoms with van der Waals surface area (Å²) < 4.78 is 1.14. The quantitative estimate of drug-likeness (QED) is 0.609. The highest BCUT2D eigenvalue weighted by Crippen LogP contribution is 2.28. The largest absolute Gasteiger partial charge is 0.0835 e. The number of alkyl halides is 1. The van der Waals surface area contributed by atoms with E-state index >= 15 is 0 Å². The molecule has 2 aromatic carbocycles. The highest BCUT2D eigenvalue weighted by molar-refractivity contribution is 9.10. The second-order valence-electron chi connectivity index (χ2n) is 4.40. The zero-order valence-corrected chi connectivity index (χ0v) is 13.5. The molecule has 0 aliphatic carbocycles. The van der Waals surface area contributed by atoms with Crippen molar-refractivity contribution in [2.75, 3.05) is 0 Å². The SMILES string of the molecule is CCc1ccc(C(Br)Cc2cccc(Br)c2)cc1. The van der Waals surface area contributed by atoms with Gasteiger partial charge in [0.25, 0.3) is 0 Å². The second kappa shape index (κ2) is 6.53. The molecule has 0 nitrogen and oxygen atoms in total. The number of halogens is 2. The monoisotopic (exact) mass is 366 g/mol. The predicted octanol–water partition coefficient (Wildman–Crippen LogP) is 5.69. The fourth-order valence-corrected chi connectivity index (χ4v) is 3.08. The summed E-state index contributed by atoms with van der Waals surface area (Å²) >= 11 is 7.29. The van der Waals surface area contributed by atoms with Crippen molar-refractivity contribution in [3.05, 3.63) is 69.7 Å². The number of rotatable bonds is 4. The molecule has 94 valence electrons. The van der Waals surface area contributed by atoms with Crippen LogP contribution in [0.4, 0.5) is 0 Å². The fourth-order valence-electron chi connectivity index (χ4n) is 1.95. The summed E-state index contributed by atoms with van der Waals surface area (Å²) in [6.45, 7) is 2.18. The lowest BCUT2D eigenvalue weighted by Crippen LogP contribution is -1.95.